The van der Waals surface area contributed by atoms with E-state index < -0.39 is 0 Å². The molecule has 3 aromatic rings. The van der Waals surface area contributed by atoms with Crippen LogP contribution in [0.15, 0.2) is 40.8 Å². The van der Waals surface area contributed by atoms with E-state index in [9.17, 15) is 4.79 Å². The summed E-state index contributed by atoms with van der Waals surface area (Å²) in [6.45, 7) is 0.604. The Hall–Kier alpha value is -1.94. The molecule has 0 fully saturated rings. The second kappa shape index (κ2) is 4.56. The second-order valence-corrected chi connectivity index (χ2v) is 6.19. The van der Waals surface area contributed by atoms with Crippen molar-refractivity contribution in [3.63, 3.8) is 0 Å². The Balaban J connectivity index is 1.74. The van der Waals surface area contributed by atoms with Gasteiger partial charge in [-0.1, -0.05) is 18.2 Å². The minimum atomic E-state index is 0.0606. The molecule has 4 rings (SSSR count). The number of nitrogens with zero attached hydrogens (tertiary/aromatic N) is 2. The number of hydrogen-bond donors (Lipinski definition) is 0. The molecule has 0 saturated carbocycles. The first-order valence-electron chi connectivity index (χ1n) is 6.84. The van der Waals surface area contributed by atoms with Crippen molar-refractivity contribution in [2.75, 3.05) is 0 Å². The molecule has 0 saturated heterocycles. The lowest BCUT2D eigenvalue weighted by Gasteiger charge is -2.07. The van der Waals surface area contributed by atoms with Crippen molar-refractivity contribution in [1.82, 2.24) is 9.55 Å². The molecule has 100 valence electrons. The summed E-state index contributed by atoms with van der Waals surface area (Å²) in [7, 11) is 0. The highest BCUT2D eigenvalue weighted by Crippen LogP contribution is 2.23. The highest BCUT2D eigenvalue weighted by Gasteiger charge is 2.11. The summed E-state index contributed by atoms with van der Waals surface area (Å²) in [5.74, 6) is 0. The van der Waals surface area contributed by atoms with Gasteiger partial charge in [-0.25, -0.2) is 4.98 Å². The Morgan fingerprint density at radius 2 is 2.10 bits per heavy atom. The third-order valence-corrected chi connectivity index (χ3v) is 4.84. The van der Waals surface area contributed by atoms with E-state index in [0.717, 1.165) is 10.2 Å². The van der Waals surface area contributed by atoms with Gasteiger partial charge in [-0.15, -0.1) is 11.3 Å². The van der Waals surface area contributed by atoms with Crippen LogP contribution in [0.5, 0.6) is 0 Å². The van der Waals surface area contributed by atoms with Gasteiger partial charge in [-0.2, -0.15) is 0 Å². The summed E-state index contributed by atoms with van der Waals surface area (Å²) in [5.41, 5.74) is 4.95. The summed E-state index contributed by atoms with van der Waals surface area (Å²) in [6.07, 6.45) is 5.27. The molecule has 4 heteroatoms. The molecule has 0 spiro atoms. The van der Waals surface area contributed by atoms with Gasteiger partial charge in [0.25, 0.3) is 5.56 Å². The van der Waals surface area contributed by atoms with Crippen molar-refractivity contribution >= 4 is 21.6 Å². The van der Waals surface area contributed by atoms with Crippen LogP contribution in [0.4, 0.5) is 0 Å². The summed E-state index contributed by atoms with van der Waals surface area (Å²) in [4.78, 5) is 16.7. The maximum absolute atomic E-state index is 12.4. The van der Waals surface area contributed by atoms with Crippen molar-refractivity contribution in [1.29, 1.82) is 0 Å². The van der Waals surface area contributed by atoms with Crippen LogP contribution < -0.4 is 5.56 Å². The molecule has 0 amide bonds. The lowest BCUT2D eigenvalue weighted by Crippen LogP contribution is -2.20. The quantitative estimate of drug-likeness (QED) is 0.724. The minimum absolute atomic E-state index is 0.0606. The summed E-state index contributed by atoms with van der Waals surface area (Å²) in [5, 5.41) is 1.92. The van der Waals surface area contributed by atoms with E-state index in [1.165, 1.54) is 47.3 Å². The van der Waals surface area contributed by atoms with E-state index in [1.54, 1.807) is 10.9 Å². The molecular weight excluding hydrogens is 268 g/mol. The van der Waals surface area contributed by atoms with Gasteiger partial charge in [0.2, 0.25) is 0 Å². The molecule has 0 aliphatic heterocycles. The van der Waals surface area contributed by atoms with E-state index in [1.807, 2.05) is 11.4 Å². The van der Waals surface area contributed by atoms with Gasteiger partial charge in [-0.3, -0.25) is 9.36 Å². The van der Waals surface area contributed by atoms with Crippen LogP contribution in [0.2, 0.25) is 0 Å². The molecule has 2 aromatic heterocycles. The zero-order valence-corrected chi connectivity index (χ0v) is 11.8. The molecule has 3 nitrogen and oxygen atoms in total. The van der Waals surface area contributed by atoms with E-state index in [0.29, 0.717) is 6.54 Å². The van der Waals surface area contributed by atoms with Crippen molar-refractivity contribution in [2.45, 2.75) is 25.8 Å². The number of benzene rings is 1. The van der Waals surface area contributed by atoms with Crippen LogP contribution in [-0.4, -0.2) is 9.55 Å². The zero-order chi connectivity index (χ0) is 13.5. The fourth-order valence-electron chi connectivity index (χ4n) is 2.91. The standard InChI is InChI=1S/C16H14N2OS/c19-16-15-14(6-7-20-15)17-10-18(16)9-11-4-5-12-2-1-3-13(12)8-11/h4-8,10H,1-3,9H2. The normalized spacial score (nSPS) is 13.8. The first-order valence-corrected chi connectivity index (χ1v) is 7.72. The maximum atomic E-state index is 12.4. The fourth-order valence-corrected chi connectivity index (χ4v) is 3.70. The molecule has 2 heterocycles. The topological polar surface area (TPSA) is 34.9 Å². The lowest BCUT2D eigenvalue weighted by molar-refractivity contribution is 0.749. The number of hydrogen-bond acceptors (Lipinski definition) is 3. The molecule has 0 bridgehead atoms. The molecule has 1 aliphatic rings. The van der Waals surface area contributed by atoms with E-state index in [2.05, 4.69) is 23.2 Å². The van der Waals surface area contributed by atoms with Gasteiger partial charge in [0.15, 0.2) is 0 Å². The summed E-state index contributed by atoms with van der Waals surface area (Å²) < 4.78 is 2.45. The monoisotopic (exact) mass is 282 g/mol. The Morgan fingerprint density at radius 1 is 1.20 bits per heavy atom. The summed E-state index contributed by atoms with van der Waals surface area (Å²) >= 11 is 1.46. The van der Waals surface area contributed by atoms with Gasteiger partial charge < -0.3 is 0 Å². The highest BCUT2D eigenvalue weighted by molar-refractivity contribution is 7.17. The number of aryl methyl sites for hydroxylation is 2. The van der Waals surface area contributed by atoms with Gasteiger partial charge >= 0.3 is 0 Å². The Morgan fingerprint density at radius 3 is 3.05 bits per heavy atom. The smallest absolute Gasteiger partial charge is 0.271 e. The van der Waals surface area contributed by atoms with E-state index in [-0.39, 0.29) is 5.56 Å². The first-order chi connectivity index (χ1) is 9.81. The first kappa shape index (κ1) is 11.9. The van der Waals surface area contributed by atoms with Crippen molar-refractivity contribution in [2.24, 2.45) is 0 Å². The maximum Gasteiger partial charge on any atom is 0.271 e. The van der Waals surface area contributed by atoms with Crippen molar-refractivity contribution in [3.8, 4) is 0 Å². The molecule has 1 aliphatic carbocycles. The number of rotatable bonds is 2. The average molecular weight is 282 g/mol. The summed E-state index contributed by atoms with van der Waals surface area (Å²) in [6, 6.07) is 8.48. The second-order valence-electron chi connectivity index (χ2n) is 5.27. The van der Waals surface area contributed by atoms with Crippen LogP contribution in [0.25, 0.3) is 10.2 Å². The molecule has 0 unspecified atom stereocenters. The highest BCUT2D eigenvalue weighted by atomic mass is 32.1. The molecule has 1 aromatic carbocycles. The zero-order valence-electron chi connectivity index (χ0n) is 11.0. The molecule has 20 heavy (non-hydrogen) atoms. The van der Waals surface area contributed by atoms with Crippen LogP contribution in [0.1, 0.15) is 23.1 Å². The van der Waals surface area contributed by atoms with Crippen LogP contribution >= 0.6 is 11.3 Å². The number of aromatic nitrogens is 2. The lowest BCUT2D eigenvalue weighted by atomic mass is 10.1. The SMILES string of the molecule is O=c1c2sccc2ncn1Cc1ccc2c(c1)CCC2. The fraction of sp³-hybridized carbons (Fsp3) is 0.250. The minimum Gasteiger partial charge on any atom is -0.294 e. The van der Waals surface area contributed by atoms with Gasteiger partial charge in [-0.05, 0) is 47.4 Å². The Kier molecular flexibility index (Phi) is 2.70. The van der Waals surface area contributed by atoms with Crippen molar-refractivity contribution < 1.29 is 0 Å². The van der Waals surface area contributed by atoms with Gasteiger partial charge in [0.1, 0.15) is 4.70 Å². The third-order valence-electron chi connectivity index (χ3n) is 3.95. The van der Waals surface area contributed by atoms with E-state index in [4.69, 9.17) is 0 Å². The number of fused-ring (bicyclic) bond motifs is 2. The van der Waals surface area contributed by atoms with Gasteiger partial charge in [0.05, 0.1) is 18.4 Å². The number of thiophene rings is 1. The molecule has 0 N–H and O–H groups in total. The molecule has 0 atom stereocenters. The van der Waals surface area contributed by atoms with Crippen LogP contribution in [0, 0.1) is 0 Å². The predicted molar refractivity (Wildman–Crippen MR) is 81.4 cm³/mol. The van der Waals surface area contributed by atoms with Crippen LogP contribution in [0.3, 0.4) is 0 Å². The van der Waals surface area contributed by atoms with Gasteiger partial charge in [0, 0.05) is 0 Å². The van der Waals surface area contributed by atoms with E-state index >= 15 is 0 Å². The predicted octanol–water partition coefficient (Wildman–Crippen LogP) is 3.00. The molecular formula is C16H14N2OS. The average Bonchev–Trinajstić information content (AvgIpc) is 3.10. The van der Waals surface area contributed by atoms with Crippen molar-refractivity contribution in [3.05, 3.63) is 63.0 Å². The Bertz CT molecular complexity index is 847. The third kappa shape index (κ3) is 1.88. The molecule has 0 radical (unpaired) electrons. The Labute approximate surface area is 120 Å². The van der Waals surface area contributed by atoms with Crippen LogP contribution in [-0.2, 0) is 19.4 Å². The largest absolute Gasteiger partial charge is 0.294 e.